The number of allylic oxidation sites excluding steroid dienone is 2. The zero-order valence-electron chi connectivity index (χ0n) is 21.5. The highest BCUT2D eigenvalue weighted by atomic mass is 16.6. The van der Waals surface area contributed by atoms with E-state index in [1.807, 2.05) is 42.5 Å². The molecule has 9 heteroatoms. The number of rotatable bonds is 3. The van der Waals surface area contributed by atoms with Gasteiger partial charge in [-0.2, -0.15) is 5.26 Å². The van der Waals surface area contributed by atoms with Crippen molar-refractivity contribution in [1.29, 1.82) is 5.26 Å². The van der Waals surface area contributed by atoms with E-state index in [-0.39, 0.29) is 11.8 Å². The van der Waals surface area contributed by atoms with Gasteiger partial charge in [-0.15, -0.1) is 0 Å². The summed E-state index contributed by atoms with van der Waals surface area (Å²) in [6.45, 7) is 10.0. The number of hydrogen-bond donors (Lipinski definition) is 1. The molecule has 0 unspecified atom stereocenters. The maximum Gasteiger partial charge on any atom is 0.338 e. The summed E-state index contributed by atoms with van der Waals surface area (Å²) < 4.78 is 3.97. The number of carbonyl (C=O) groups excluding carboxylic acids is 4. The molecule has 200 valence electrons. The van der Waals surface area contributed by atoms with Gasteiger partial charge in [0.1, 0.15) is 0 Å². The average molecular weight is 529 g/mol. The van der Waals surface area contributed by atoms with Gasteiger partial charge in [-0.25, -0.2) is 19.3 Å². The van der Waals surface area contributed by atoms with Gasteiger partial charge in [0, 0.05) is 36.0 Å². The molecule has 0 saturated carbocycles. The molecule has 39 heavy (non-hydrogen) atoms. The SMILES string of the molecule is C=CC#N.C=Cc1ccccc1.CC=C(C)C(=O)O.O=C1C=CC(=O)N1c1ccccc1.O=C1C=CC(=O)O1. The number of anilines is 1. The molecule has 0 atom stereocenters. The van der Waals surface area contributed by atoms with Crippen molar-refractivity contribution in [3.05, 3.63) is 121 Å². The second-order valence-corrected chi connectivity index (χ2v) is 6.98. The summed E-state index contributed by atoms with van der Waals surface area (Å²) in [6, 6.07) is 20.6. The summed E-state index contributed by atoms with van der Waals surface area (Å²) in [4.78, 5) is 53.3. The zero-order chi connectivity index (χ0) is 29.6. The number of esters is 2. The highest BCUT2D eigenvalue weighted by Crippen LogP contribution is 2.17. The van der Waals surface area contributed by atoms with Gasteiger partial charge in [0.2, 0.25) is 0 Å². The Morgan fingerprint density at radius 1 is 0.872 bits per heavy atom. The summed E-state index contributed by atoms with van der Waals surface area (Å²) in [5, 5.41) is 15.6. The number of imide groups is 1. The van der Waals surface area contributed by atoms with Gasteiger partial charge in [-0.3, -0.25) is 9.59 Å². The van der Waals surface area contributed by atoms with E-state index < -0.39 is 17.9 Å². The van der Waals surface area contributed by atoms with Crippen LogP contribution in [0, 0.1) is 11.3 Å². The van der Waals surface area contributed by atoms with Crippen molar-refractivity contribution in [2.24, 2.45) is 0 Å². The minimum Gasteiger partial charge on any atom is -0.478 e. The lowest BCUT2D eigenvalue weighted by Gasteiger charge is -2.12. The van der Waals surface area contributed by atoms with E-state index in [9.17, 15) is 24.0 Å². The molecular weight excluding hydrogens is 500 g/mol. The van der Waals surface area contributed by atoms with Crippen LogP contribution in [0.25, 0.3) is 6.08 Å². The number of ether oxygens (including phenoxy) is 1. The van der Waals surface area contributed by atoms with Crippen LogP contribution in [0.4, 0.5) is 5.69 Å². The van der Waals surface area contributed by atoms with Gasteiger partial charge < -0.3 is 9.84 Å². The first-order chi connectivity index (χ1) is 18.6. The fourth-order valence-electron chi connectivity index (χ4n) is 2.25. The van der Waals surface area contributed by atoms with Gasteiger partial charge in [0.25, 0.3) is 11.8 Å². The Kier molecular flexibility index (Phi) is 16.7. The second kappa shape index (κ2) is 19.6. The third-order valence-electron chi connectivity index (χ3n) is 4.28. The maximum absolute atomic E-state index is 11.2. The highest BCUT2D eigenvalue weighted by Gasteiger charge is 2.24. The number of nitrogens with zero attached hydrogens (tertiary/aromatic N) is 2. The molecule has 2 aromatic carbocycles. The monoisotopic (exact) mass is 528 g/mol. The van der Waals surface area contributed by atoms with Crippen molar-refractivity contribution >= 4 is 41.5 Å². The predicted octanol–water partition coefficient (Wildman–Crippen LogP) is 4.80. The van der Waals surface area contributed by atoms with Crippen LogP contribution in [0.15, 0.2) is 116 Å². The fourth-order valence-corrected chi connectivity index (χ4v) is 2.25. The molecule has 0 bridgehead atoms. The summed E-state index contributed by atoms with van der Waals surface area (Å²) in [5.74, 6) is -2.56. The van der Waals surface area contributed by atoms with Crippen LogP contribution < -0.4 is 4.90 Å². The number of amides is 2. The first kappa shape index (κ1) is 33.4. The van der Waals surface area contributed by atoms with Gasteiger partial charge in [0.05, 0.1) is 11.8 Å². The minimum absolute atomic E-state index is 0.281. The number of aliphatic carboxylic acids is 1. The lowest BCUT2D eigenvalue weighted by atomic mass is 10.2. The number of carboxylic acids is 1. The second-order valence-electron chi connectivity index (χ2n) is 6.98. The quantitative estimate of drug-likeness (QED) is 0.197. The van der Waals surface area contributed by atoms with E-state index in [4.69, 9.17) is 10.4 Å². The number of benzene rings is 2. The Morgan fingerprint density at radius 3 is 1.56 bits per heavy atom. The first-order valence-corrected chi connectivity index (χ1v) is 11.2. The van der Waals surface area contributed by atoms with Crippen LogP contribution in [0.5, 0.6) is 0 Å². The molecule has 0 spiro atoms. The molecule has 4 rings (SSSR count). The predicted molar refractivity (Wildman–Crippen MR) is 148 cm³/mol. The van der Waals surface area contributed by atoms with Crippen molar-refractivity contribution < 1.29 is 33.8 Å². The van der Waals surface area contributed by atoms with Gasteiger partial charge in [-0.05, 0) is 31.5 Å². The lowest BCUT2D eigenvalue weighted by Crippen LogP contribution is -2.29. The summed E-state index contributed by atoms with van der Waals surface area (Å²) in [7, 11) is 0. The van der Waals surface area contributed by atoms with Crippen molar-refractivity contribution in [2.75, 3.05) is 4.90 Å². The van der Waals surface area contributed by atoms with Crippen molar-refractivity contribution in [3.63, 3.8) is 0 Å². The van der Waals surface area contributed by atoms with E-state index in [1.165, 1.54) is 23.8 Å². The van der Waals surface area contributed by atoms with Crippen LogP contribution in [0.1, 0.15) is 19.4 Å². The molecule has 0 aliphatic carbocycles. The zero-order valence-corrected chi connectivity index (χ0v) is 21.5. The fraction of sp³-hybridized carbons (Fsp3) is 0.0667. The van der Waals surface area contributed by atoms with Crippen LogP contribution in [-0.4, -0.2) is 34.8 Å². The first-order valence-electron chi connectivity index (χ1n) is 11.2. The van der Waals surface area contributed by atoms with Crippen LogP contribution >= 0.6 is 0 Å². The number of cyclic esters (lactones) is 2. The standard InChI is InChI=1S/C10H7NO2.C8H8.C5H8O2.C4H2O3.C3H3N/c12-9-6-7-10(13)11(9)8-4-2-1-3-5-8;1-2-8-6-4-3-5-7-8;1-3-4(2)5(6)7;5-3-1-2-4(6)7-3;1-2-3-4/h1-7H;2-7H,1H2;3H,1-2H3,(H,6,7);1-2H;2H,1H2. The Bertz CT molecular complexity index is 1250. The number of para-hydroxylation sites is 1. The van der Waals surface area contributed by atoms with Crippen LogP contribution in [0.3, 0.4) is 0 Å². The van der Waals surface area contributed by atoms with Gasteiger partial charge in [0.15, 0.2) is 0 Å². The third kappa shape index (κ3) is 14.5. The van der Waals surface area contributed by atoms with Crippen LogP contribution in [-0.2, 0) is 28.7 Å². The minimum atomic E-state index is -0.845. The molecule has 2 heterocycles. The van der Waals surface area contributed by atoms with Crippen molar-refractivity contribution in [3.8, 4) is 6.07 Å². The molecule has 0 aromatic heterocycles. The largest absolute Gasteiger partial charge is 0.478 e. The molecule has 0 saturated heterocycles. The topological polar surface area (TPSA) is 142 Å². The molecule has 0 radical (unpaired) electrons. The molecule has 2 aliphatic rings. The van der Waals surface area contributed by atoms with Crippen molar-refractivity contribution in [2.45, 2.75) is 13.8 Å². The average Bonchev–Trinajstić information content (AvgIpc) is 3.51. The molecule has 9 nitrogen and oxygen atoms in total. The Balaban J connectivity index is 0.000000490. The summed E-state index contributed by atoms with van der Waals surface area (Å²) in [5.41, 5.74) is 2.18. The van der Waals surface area contributed by atoms with Gasteiger partial charge >= 0.3 is 17.9 Å². The maximum atomic E-state index is 11.2. The third-order valence-corrected chi connectivity index (χ3v) is 4.28. The molecule has 1 N–H and O–H groups in total. The van der Waals surface area contributed by atoms with E-state index in [0.717, 1.165) is 17.1 Å². The Morgan fingerprint density at radius 2 is 1.31 bits per heavy atom. The Hall–Kier alpha value is -5.62. The smallest absolute Gasteiger partial charge is 0.338 e. The van der Waals surface area contributed by atoms with E-state index >= 15 is 0 Å². The molecule has 2 aromatic rings. The number of carboxylic acid groups (broad SMARTS) is 1. The molecule has 2 aliphatic heterocycles. The number of hydrogen-bond acceptors (Lipinski definition) is 7. The molecule has 0 fully saturated rings. The molecular formula is C30H28N2O7. The normalized spacial score (nSPS) is 12.5. The highest BCUT2D eigenvalue weighted by molar-refractivity contribution is 6.28. The summed E-state index contributed by atoms with van der Waals surface area (Å²) >= 11 is 0. The Labute approximate surface area is 226 Å². The van der Waals surface area contributed by atoms with Crippen molar-refractivity contribution in [1.82, 2.24) is 0 Å². The number of nitriles is 1. The number of carbonyl (C=O) groups is 5. The van der Waals surface area contributed by atoms with E-state index in [0.29, 0.717) is 11.3 Å². The van der Waals surface area contributed by atoms with Crippen LogP contribution in [0.2, 0.25) is 0 Å². The van der Waals surface area contributed by atoms with E-state index in [2.05, 4.69) is 17.9 Å². The van der Waals surface area contributed by atoms with Gasteiger partial charge in [-0.1, -0.05) is 73.8 Å². The van der Waals surface area contributed by atoms with E-state index in [1.54, 1.807) is 50.3 Å². The molecule has 2 amide bonds. The summed E-state index contributed by atoms with van der Waals surface area (Å²) in [6.07, 6.45) is 9.29. The lowest BCUT2D eigenvalue weighted by molar-refractivity contribution is -0.150.